The summed E-state index contributed by atoms with van der Waals surface area (Å²) >= 11 is 0. The lowest BCUT2D eigenvalue weighted by molar-refractivity contribution is -0.149. The van der Waals surface area contributed by atoms with Crippen molar-refractivity contribution < 1.29 is 33.8 Å². The molecule has 0 bridgehead atoms. The van der Waals surface area contributed by atoms with Crippen LogP contribution < -0.4 is 11.1 Å². The number of nitrogens with two attached hydrogens (primary N) is 1. The van der Waals surface area contributed by atoms with E-state index in [1.807, 2.05) is 0 Å². The second-order valence-corrected chi connectivity index (χ2v) is 5.12. The maximum atomic E-state index is 11.9. The summed E-state index contributed by atoms with van der Waals surface area (Å²) in [5.74, 6) is -3.72. The summed E-state index contributed by atoms with van der Waals surface area (Å²) in [4.78, 5) is 45.9. The van der Waals surface area contributed by atoms with E-state index in [1.165, 1.54) is 0 Å². The molecule has 0 aliphatic rings. The van der Waals surface area contributed by atoms with Gasteiger partial charge in [0.05, 0.1) is 0 Å². The molecular formula is C16H24N2O7. The van der Waals surface area contributed by atoms with Crippen molar-refractivity contribution in [3.63, 3.8) is 0 Å². The standard InChI is InChI=1S/C16H24N2O7/c1-5-9(3)15(22)24-7-11(17)13(19)18-12(14(20)21)8-25-16(23)10(4)6-2/h11-12H,3-8,17H2,1-2H3,(H,18,19)(H,20,21)/t11-,12-/m0/s1. The minimum absolute atomic E-state index is 0.176. The molecule has 9 nitrogen and oxygen atoms in total. The Labute approximate surface area is 145 Å². The van der Waals surface area contributed by atoms with Crippen molar-refractivity contribution >= 4 is 23.8 Å². The SMILES string of the molecule is C=C(CC)C(=O)OC[C@H](NC(=O)[C@@H](N)COC(=O)C(=C)CC)C(=O)O. The lowest BCUT2D eigenvalue weighted by Crippen LogP contribution is -2.52. The molecule has 0 spiro atoms. The molecule has 0 aromatic carbocycles. The largest absolute Gasteiger partial charge is 0.480 e. The average molecular weight is 356 g/mol. The van der Waals surface area contributed by atoms with Crippen LogP contribution in [0.1, 0.15) is 26.7 Å². The molecule has 0 rings (SSSR count). The number of rotatable bonds is 11. The topological polar surface area (TPSA) is 145 Å². The number of hydrogen-bond acceptors (Lipinski definition) is 7. The van der Waals surface area contributed by atoms with Crippen LogP contribution in [0.2, 0.25) is 0 Å². The Bertz CT molecular complexity index is 557. The normalized spacial score (nSPS) is 12.4. The first-order valence-corrected chi connectivity index (χ1v) is 7.62. The van der Waals surface area contributed by atoms with Gasteiger partial charge < -0.3 is 25.6 Å². The highest BCUT2D eigenvalue weighted by molar-refractivity contribution is 5.90. The second-order valence-electron chi connectivity index (χ2n) is 5.12. The monoisotopic (exact) mass is 356 g/mol. The summed E-state index contributed by atoms with van der Waals surface area (Å²) in [7, 11) is 0. The molecule has 0 aromatic heterocycles. The van der Waals surface area contributed by atoms with Crippen molar-refractivity contribution in [1.82, 2.24) is 5.32 Å². The Morgan fingerprint density at radius 1 is 1.00 bits per heavy atom. The molecule has 1 amide bonds. The van der Waals surface area contributed by atoms with Gasteiger partial charge in [-0.25, -0.2) is 14.4 Å². The van der Waals surface area contributed by atoms with Gasteiger partial charge in [-0.2, -0.15) is 0 Å². The maximum absolute atomic E-state index is 11.9. The molecule has 140 valence electrons. The van der Waals surface area contributed by atoms with Gasteiger partial charge in [0, 0.05) is 11.1 Å². The van der Waals surface area contributed by atoms with Gasteiger partial charge >= 0.3 is 17.9 Å². The minimum atomic E-state index is -1.49. The molecule has 0 aliphatic heterocycles. The highest BCUT2D eigenvalue weighted by Gasteiger charge is 2.26. The summed E-state index contributed by atoms with van der Waals surface area (Å²) in [6, 6.07) is -2.77. The van der Waals surface area contributed by atoms with E-state index >= 15 is 0 Å². The molecule has 0 saturated heterocycles. The summed E-state index contributed by atoms with van der Waals surface area (Å²) in [5.41, 5.74) is 5.95. The molecule has 0 unspecified atom stereocenters. The molecule has 0 saturated carbocycles. The summed E-state index contributed by atoms with van der Waals surface area (Å²) in [5, 5.41) is 11.2. The van der Waals surface area contributed by atoms with E-state index in [2.05, 4.69) is 18.5 Å². The number of aliphatic carboxylic acids is 1. The molecule has 0 heterocycles. The van der Waals surface area contributed by atoms with Crippen LogP contribution in [-0.2, 0) is 28.7 Å². The van der Waals surface area contributed by atoms with E-state index in [1.54, 1.807) is 13.8 Å². The molecule has 25 heavy (non-hydrogen) atoms. The number of amides is 1. The number of carboxylic acids is 1. The third-order valence-corrected chi connectivity index (χ3v) is 3.16. The number of ether oxygens (including phenoxy) is 2. The van der Waals surface area contributed by atoms with Crippen LogP contribution in [-0.4, -0.2) is 54.2 Å². The van der Waals surface area contributed by atoms with Crippen molar-refractivity contribution in [1.29, 1.82) is 0 Å². The first-order valence-electron chi connectivity index (χ1n) is 7.62. The minimum Gasteiger partial charge on any atom is -0.480 e. The Morgan fingerprint density at radius 2 is 1.44 bits per heavy atom. The van der Waals surface area contributed by atoms with E-state index in [9.17, 15) is 19.2 Å². The lowest BCUT2D eigenvalue weighted by Gasteiger charge is -2.18. The molecule has 9 heteroatoms. The van der Waals surface area contributed by atoms with Crippen LogP contribution in [0, 0.1) is 0 Å². The van der Waals surface area contributed by atoms with Crippen molar-refractivity contribution in [2.24, 2.45) is 5.73 Å². The quantitative estimate of drug-likeness (QED) is 0.344. The van der Waals surface area contributed by atoms with Crippen molar-refractivity contribution in [2.45, 2.75) is 38.8 Å². The van der Waals surface area contributed by atoms with Crippen LogP contribution in [0.5, 0.6) is 0 Å². The second kappa shape index (κ2) is 11.0. The summed E-state index contributed by atoms with van der Waals surface area (Å²) in [6.07, 6.45) is 0.734. The molecule has 0 radical (unpaired) electrons. The molecule has 0 aromatic rings. The summed E-state index contributed by atoms with van der Waals surface area (Å²) in [6.45, 7) is 9.31. The lowest BCUT2D eigenvalue weighted by atomic mass is 10.2. The zero-order valence-corrected chi connectivity index (χ0v) is 14.4. The fraction of sp³-hybridized carbons (Fsp3) is 0.500. The smallest absolute Gasteiger partial charge is 0.333 e. The molecular weight excluding hydrogens is 332 g/mol. The first kappa shape index (κ1) is 22.3. The van der Waals surface area contributed by atoms with Crippen LogP contribution in [0.15, 0.2) is 24.3 Å². The van der Waals surface area contributed by atoms with Crippen LogP contribution >= 0.6 is 0 Å². The van der Waals surface area contributed by atoms with Crippen LogP contribution in [0.3, 0.4) is 0 Å². The highest BCUT2D eigenvalue weighted by atomic mass is 16.5. The number of carboxylic acid groups (broad SMARTS) is 1. The van der Waals surface area contributed by atoms with Gasteiger partial charge in [-0.15, -0.1) is 0 Å². The fourth-order valence-corrected chi connectivity index (χ4v) is 1.35. The maximum Gasteiger partial charge on any atom is 0.333 e. The molecule has 0 fully saturated rings. The third-order valence-electron chi connectivity index (χ3n) is 3.16. The Kier molecular flexibility index (Phi) is 9.80. The number of carbonyl (C=O) groups excluding carboxylic acids is 3. The van der Waals surface area contributed by atoms with Gasteiger partial charge in [-0.1, -0.05) is 27.0 Å². The number of hydrogen-bond donors (Lipinski definition) is 3. The highest BCUT2D eigenvalue weighted by Crippen LogP contribution is 2.02. The van der Waals surface area contributed by atoms with Crippen molar-refractivity contribution in [2.75, 3.05) is 13.2 Å². The van der Waals surface area contributed by atoms with Gasteiger partial charge in [0.1, 0.15) is 19.3 Å². The Balaban J connectivity index is 4.55. The van der Waals surface area contributed by atoms with E-state index in [4.69, 9.17) is 20.3 Å². The van der Waals surface area contributed by atoms with Crippen LogP contribution in [0.25, 0.3) is 0 Å². The predicted octanol–water partition coefficient (Wildman–Crippen LogP) is -0.0981. The molecule has 4 N–H and O–H groups in total. The Hall–Kier alpha value is -2.68. The van der Waals surface area contributed by atoms with E-state index in [-0.39, 0.29) is 11.1 Å². The predicted molar refractivity (Wildman–Crippen MR) is 88.3 cm³/mol. The van der Waals surface area contributed by atoms with E-state index in [0.717, 1.165) is 0 Å². The summed E-state index contributed by atoms with van der Waals surface area (Å²) < 4.78 is 9.57. The van der Waals surface area contributed by atoms with Crippen molar-refractivity contribution in [3.05, 3.63) is 24.3 Å². The van der Waals surface area contributed by atoms with E-state index in [0.29, 0.717) is 12.8 Å². The first-order chi connectivity index (χ1) is 11.6. The zero-order chi connectivity index (χ0) is 19.6. The van der Waals surface area contributed by atoms with Gasteiger partial charge in [0.2, 0.25) is 5.91 Å². The van der Waals surface area contributed by atoms with Gasteiger partial charge in [-0.05, 0) is 12.8 Å². The number of nitrogens with one attached hydrogen (secondary N) is 1. The number of carbonyl (C=O) groups is 4. The third kappa shape index (κ3) is 8.11. The fourth-order valence-electron chi connectivity index (χ4n) is 1.35. The average Bonchev–Trinajstić information content (AvgIpc) is 2.60. The zero-order valence-electron chi connectivity index (χ0n) is 14.4. The Morgan fingerprint density at radius 3 is 1.84 bits per heavy atom. The van der Waals surface area contributed by atoms with Gasteiger partial charge in [0.15, 0.2) is 6.04 Å². The molecule has 0 aliphatic carbocycles. The van der Waals surface area contributed by atoms with Gasteiger partial charge in [-0.3, -0.25) is 4.79 Å². The molecule has 2 atom stereocenters. The van der Waals surface area contributed by atoms with Crippen molar-refractivity contribution in [3.8, 4) is 0 Å². The van der Waals surface area contributed by atoms with Crippen LogP contribution in [0.4, 0.5) is 0 Å². The number of esters is 2. The van der Waals surface area contributed by atoms with Gasteiger partial charge in [0.25, 0.3) is 0 Å². The van der Waals surface area contributed by atoms with E-state index < -0.39 is 49.1 Å².